The van der Waals surface area contributed by atoms with E-state index in [4.69, 9.17) is 5.73 Å². The van der Waals surface area contributed by atoms with E-state index in [2.05, 4.69) is 0 Å². The number of benzene rings is 1. The smallest absolute Gasteiger partial charge is 0.243 e. The summed E-state index contributed by atoms with van der Waals surface area (Å²) in [6.07, 6.45) is 4.57. The Morgan fingerprint density at radius 2 is 1.63 bits per heavy atom. The van der Waals surface area contributed by atoms with Crippen LogP contribution in [0.5, 0.6) is 0 Å². The van der Waals surface area contributed by atoms with Crippen LogP contribution in [0.1, 0.15) is 43.2 Å². The fourth-order valence-corrected chi connectivity index (χ4v) is 5.70. The number of nitrogens with zero attached hydrogens (tertiary/aromatic N) is 2. The van der Waals surface area contributed by atoms with E-state index >= 15 is 0 Å². The molecule has 6 nitrogen and oxygen atoms in total. The number of piperazine rings is 1. The van der Waals surface area contributed by atoms with Crippen molar-refractivity contribution in [2.45, 2.75) is 56.4 Å². The molecule has 3 rings (SSSR count). The summed E-state index contributed by atoms with van der Waals surface area (Å²) in [4.78, 5) is 14.9. The third kappa shape index (κ3) is 4.47. The first-order chi connectivity index (χ1) is 12.2. The first-order valence-corrected chi connectivity index (χ1v) is 10.8. The molecule has 1 aromatic rings. The monoisotopic (exact) mass is 415 g/mol. The van der Waals surface area contributed by atoms with Gasteiger partial charge in [-0.05, 0) is 43.9 Å². The van der Waals surface area contributed by atoms with Crippen molar-refractivity contribution in [3.63, 3.8) is 0 Å². The molecule has 1 aromatic carbocycles. The number of sulfonamides is 1. The van der Waals surface area contributed by atoms with Gasteiger partial charge >= 0.3 is 0 Å². The van der Waals surface area contributed by atoms with Crippen molar-refractivity contribution < 1.29 is 13.2 Å². The second-order valence-corrected chi connectivity index (χ2v) is 9.59. The van der Waals surface area contributed by atoms with Gasteiger partial charge in [0.25, 0.3) is 0 Å². The molecule has 8 heteroatoms. The summed E-state index contributed by atoms with van der Waals surface area (Å²) in [6, 6.07) is 5.47. The van der Waals surface area contributed by atoms with Crippen molar-refractivity contribution in [1.82, 2.24) is 9.21 Å². The van der Waals surface area contributed by atoms with E-state index in [0.717, 1.165) is 43.2 Å². The molecule has 1 amide bonds. The van der Waals surface area contributed by atoms with Crippen molar-refractivity contribution in [3.05, 3.63) is 29.3 Å². The second-order valence-electron chi connectivity index (χ2n) is 7.68. The third-order valence-corrected chi connectivity index (χ3v) is 7.70. The quantitative estimate of drug-likeness (QED) is 0.820. The molecule has 1 saturated carbocycles. The summed E-state index contributed by atoms with van der Waals surface area (Å²) in [7, 11) is -3.54. The summed E-state index contributed by atoms with van der Waals surface area (Å²) in [5.74, 6) is -0.0130. The van der Waals surface area contributed by atoms with Crippen LogP contribution in [0, 0.1) is 13.8 Å². The van der Waals surface area contributed by atoms with E-state index in [1.54, 1.807) is 11.0 Å². The molecular weight excluding hydrogens is 386 g/mol. The zero-order valence-corrected chi connectivity index (χ0v) is 17.7. The second kappa shape index (κ2) is 8.47. The first kappa shape index (κ1) is 22.1. The maximum atomic E-state index is 13.0. The fourth-order valence-electron chi connectivity index (χ4n) is 3.97. The number of carbonyl (C=O) groups is 1. The Kier molecular flexibility index (Phi) is 6.95. The molecule has 0 atom stereocenters. The Bertz CT molecular complexity index is 783. The molecule has 1 saturated heterocycles. The van der Waals surface area contributed by atoms with Crippen LogP contribution in [0.2, 0.25) is 0 Å². The topological polar surface area (TPSA) is 83.7 Å². The number of nitrogens with two attached hydrogens (primary N) is 1. The summed E-state index contributed by atoms with van der Waals surface area (Å²) in [5, 5.41) is 0. The molecular formula is C19H30ClN3O3S. The predicted octanol–water partition coefficient (Wildman–Crippen LogP) is 2.22. The van der Waals surface area contributed by atoms with Gasteiger partial charge in [-0.25, -0.2) is 8.42 Å². The lowest BCUT2D eigenvalue weighted by Crippen LogP contribution is -2.60. The highest BCUT2D eigenvalue weighted by molar-refractivity contribution is 7.89. The summed E-state index contributed by atoms with van der Waals surface area (Å²) in [6.45, 7) is 5.14. The SMILES string of the molecule is Cc1ccc(C)c(S(=O)(=O)N2CCN(C(=O)C3(N)CCCCC3)CC2)c1.Cl. The lowest BCUT2D eigenvalue weighted by molar-refractivity contribution is -0.139. The maximum absolute atomic E-state index is 13.0. The van der Waals surface area contributed by atoms with E-state index in [0.29, 0.717) is 31.1 Å². The molecule has 0 bridgehead atoms. The Balaban J connectivity index is 0.00000261. The van der Waals surface area contributed by atoms with Gasteiger partial charge in [0, 0.05) is 26.2 Å². The van der Waals surface area contributed by atoms with Gasteiger partial charge in [0.15, 0.2) is 0 Å². The molecule has 152 valence electrons. The number of carbonyl (C=O) groups excluding carboxylic acids is 1. The molecule has 27 heavy (non-hydrogen) atoms. The molecule has 1 heterocycles. The van der Waals surface area contributed by atoms with Crippen LogP contribution < -0.4 is 5.73 Å². The van der Waals surface area contributed by atoms with Crippen molar-refractivity contribution in [1.29, 1.82) is 0 Å². The molecule has 2 fully saturated rings. The minimum atomic E-state index is -3.54. The fraction of sp³-hybridized carbons (Fsp3) is 0.632. The highest BCUT2D eigenvalue weighted by Crippen LogP contribution is 2.29. The average Bonchev–Trinajstić information content (AvgIpc) is 2.63. The van der Waals surface area contributed by atoms with Gasteiger partial charge in [-0.2, -0.15) is 4.31 Å². The van der Waals surface area contributed by atoms with E-state index in [9.17, 15) is 13.2 Å². The standard InChI is InChI=1S/C19H29N3O3S.ClH/c1-15-6-7-16(2)17(14-15)26(24,25)22-12-10-21(11-13-22)18(23)19(20)8-4-3-5-9-19;/h6-7,14H,3-5,8-13,20H2,1-2H3;1H. The van der Waals surface area contributed by atoms with Crippen molar-refractivity contribution >= 4 is 28.3 Å². The Labute approximate surface area is 168 Å². The first-order valence-electron chi connectivity index (χ1n) is 9.40. The number of hydrogen-bond donors (Lipinski definition) is 1. The van der Waals surface area contributed by atoms with Gasteiger partial charge in [-0.15, -0.1) is 12.4 Å². The lowest BCUT2D eigenvalue weighted by Gasteiger charge is -2.40. The van der Waals surface area contributed by atoms with Gasteiger partial charge < -0.3 is 10.6 Å². The largest absolute Gasteiger partial charge is 0.338 e. The van der Waals surface area contributed by atoms with Gasteiger partial charge in [0.1, 0.15) is 0 Å². The van der Waals surface area contributed by atoms with Crippen LogP contribution in [-0.2, 0) is 14.8 Å². The average molecular weight is 416 g/mol. The minimum Gasteiger partial charge on any atom is -0.338 e. The van der Waals surface area contributed by atoms with Crippen molar-refractivity contribution in [2.24, 2.45) is 5.73 Å². The minimum absolute atomic E-state index is 0. The molecule has 1 aliphatic carbocycles. The highest BCUT2D eigenvalue weighted by Gasteiger charge is 2.40. The lowest BCUT2D eigenvalue weighted by atomic mass is 9.81. The Hall–Kier alpha value is -1.15. The molecule has 0 radical (unpaired) electrons. The maximum Gasteiger partial charge on any atom is 0.243 e. The van der Waals surface area contributed by atoms with E-state index in [1.807, 2.05) is 26.0 Å². The van der Waals surface area contributed by atoms with Crippen molar-refractivity contribution in [3.8, 4) is 0 Å². The van der Waals surface area contributed by atoms with E-state index in [-0.39, 0.29) is 18.3 Å². The number of halogens is 1. The van der Waals surface area contributed by atoms with Gasteiger partial charge in [-0.3, -0.25) is 4.79 Å². The zero-order chi connectivity index (χ0) is 18.9. The van der Waals surface area contributed by atoms with Crippen LogP contribution in [0.25, 0.3) is 0 Å². The number of hydrogen-bond acceptors (Lipinski definition) is 4. The summed E-state index contributed by atoms with van der Waals surface area (Å²) >= 11 is 0. The zero-order valence-electron chi connectivity index (χ0n) is 16.1. The molecule has 0 aromatic heterocycles. The third-order valence-electron chi connectivity index (χ3n) is 5.66. The van der Waals surface area contributed by atoms with Crippen LogP contribution in [-0.4, -0.2) is 55.2 Å². The van der Waals surface area contributed by atoms with Crippen LogP contribution >= 0.6 is 12.4 Å². The molecule has 0 spiro atoms. The molecule has 2 N–H and O–H groups in total. The number of amides is 1. The summed E-state index contributed by atoms with van der Waals surface area (Å²) in [5.41, 5.74) is 7.27. The van der Waals surface area contributed by atoms with Crippen LogP contribution in [0.4, 0.5) is 0 Å². The van der Waals surface area contributed by atoms with E-state index < -0.39 is 15.6 Å². The normalized spacial score (nSPS) is 20.8. The summed E-state index contributed by atoms with van der Waals surface area (Å²) < 4.78 is 27.5. The van der Waals surface area contributed by atoms with E-state index in [1.165, 1.54) is 4.31 Å². The Morgan fingerprint density at radius 3 is 2.22 bits per heavy atom. The molecule has 1 aliphatic heterocycles. The van der Waals surface area contributed by atoms with Crippen LogP contribution in [0.3, 0.4) is 0 Å². The molecule has 2 aliphatic rings. The van der Waals surface area contributed by atoms with Crippen molar-refractivity contribution in [2.75, 3.05) is 26.2 Å². The Morgan fingerprint density at radius 1 is 1.04 bits per heavy atom. The number of aryl methyl sites for hydroxylation is 2. The number of rotatable bonds is 3. The predicted molar refractivity (Wildman–Crippen MR) is 109 cm³/mol. The highest BCUT2D eigenvalue weighted by atomic mass is 35.5. The molecule has 0 unspecified atom stereocenters. The van der Waals surface area contributed by atoms with Gasteiger partial charge in [0.05, 0.1) is 10.4 Å². The van der Waals surface area contributed by atoms with Gasteiger partial charge in [-0.1, -0.05) is 31.4 Å². The van der Waals surface area contributed by atoms with Crippen LogP contribution in [0.15, 0.2) is 23.1 Å². The van der Waals surface area contributed by atoms with Gasteiger partial charge in [0.2, 0.25) is 15.9 Å².